The minimum Gasteiger partial charge on any atom is -0.459 e. The van der Waals surface area contributed by atoms with Gasteiger partial charge >= 0.3 is 5.97 Å². The number of hydrogen-bond donors (Lipinski definition) is 0. The van der Waals surface area contributed by atoms with Crippen molar-refractivity contribution in [3.63, 3.8) is 0 Å². The number of thiazole rings is 1. The number of nitrogens with zero attached hydrogens (tertiary/aromatic N) is 1. The molecule has 0 aliphatic rings. The van der Waals surface area contributed by atoms with E-state index in [0.29, 0.717) is 5.56 Å². The monoisotopic (exact) mass is 221 g/mol. The summed E-state index contributed by atoms with van der Waals surface area (Å²) in [5, 5.41) is 0. The predicted octanol–water partition coefficient (Wildman–Crippen LogP) is 2.86. The minimum absolute atomic E-state index is 0.0883. The van der Waals surface area contributed by atoms with E-state index >= 15 is 0 Å². The third-order valence-corrected chi connectivity index (χ3v) is 2.70. The Labute approximate surface area is 91.7 Å². The van der Waals surface area contributed by atoms with E-state index in [1.807, 2.05) is 26.0 Å². The molecule has 0 saturated heterocycles. The van der Waals surface area contributed by atoms with Crippen LogP contribution in [0.4, 0.5) is 0 Å². The Morgan fingerprint density at radius 3 is 3.00 bits per heavy atom. The van der Waals surface area contributed by atoms with E-state index in [4.69, 9.17) is 4.74 Å². The lowest BCUT2D eigenvalue weighted by Gasteiger charge is -2.07. The highest BCUT2D eigenvalue weighted by molar-refractivity contribution is 7.16. The summed E-state index contributed by atoms with van der Waals surface area (Å²) in [6.07, 6.45) is -0.0883. The number of esters is 1. The third-order valence-electron chi connectivity index (χ3n) is 1.91. The summed E-state index contributed by atoms with van der Waals surface area (Å²) >= 11 is 1.52. The maximum absolute atomic E-state index is 11.6. The number of carbonyl (C=O) groups excluding carboxylic acids is 1. The van der Waals surface area contributed by atoms with Crippen LogP contribution in [-0.4, -0.2) is 17.1 Å². The van der Waals surface area contributed by atoms with Gasteiger partial charge in [0.1, 0.15) is 0 Å². The molecule has 0 spiro atoms. The Morgan fingerprint density at radius 1 is 1.47 bits per heavy atom. The van der Waals surface area contributed by atoms with E-state index in [1.54, 1.807) is 11.6 Å². The van der Waals surface area contributed by atoms with Gasteiger partial charge in [-0.3, -0.25) is 0 Å². The first-order valence-electron chi connectivity index (χ1n) is 4.71. The largest absolute Gasteiger partial charge is 0.459 e. The van der Waals surface area contributed by atoms with Gasteiger partial charge in [-0.05, 0) is 32.0 Å². The lowest BCUT2D eigenvalue weighted by Crippen LogP contribution is -2.11. The molecule has 0 unspecified atom stereocenters. The Bertz CT molecular complexity index is 490. The lowest BCUT2D eigenvalue weighted by molar-refractivity contribution is 0.0378. The van der Waals surface area contributed by atoms with E-state index in [-0.39, 0.29) is 12.1 Å². The highest BCUT2D eigenvalue weighted by Gasteiger charge is 2.10. The Hall–Kier alpha value is -1.42. The molecule has 2 rings (SSSR count). The molecule has 0 amide bonds. The number of carbonyl (C=O) groups is 1. The quantitative estimate of drug-likeness (QED) is 0.732. The van der Waals surface area contributed by atoms with E-state index in [0.717, 1.165) is 10.2 Å². The SMILES string of the molecule is CC(C)OC(=O)c1ccc2ncsc2c1. The van der Waals surface area contributed by atoms with Crippen molar-refractivity contribution in [2.75, 3.05) is 0 Å². The van der Waals surface area contributed by atoms with Crippen molar-refractivity contribution in [3.05, 3.63) is 29.3 Å². The van der Waals surface area contributed by atoms with Gasteiger partial charge in [0.2, 0.25) is 0 Å². The topological polar surface area (TPSA) is 39.2 Å². The number of hydrogen-bond acceptors (Lipinski definition) is 4. The maximum Gasteiger partial charge on any atom is 0.338 e. The molecule has 1 aromatic heterocycles. The first kappa shape index (κ1) is 10.1. The molecule has 0 radical (unpaired) electrons. The van der Waals surface area contributed by atoms with Crippen molar-refractivity contribution in [1.29, 1.82) is 0 Å². The van der Waals surface area contributed by atoms with Gasteiger partial charge in [0.15, 0.2) is 0 Å². The molecule has 0 aliphatic heterocycles. The second-order valence-corrected chi connectivity index (χ2v) is 4.38. The summed E-state index contributed by atoms with van der Waals surface area (Å²) in [5.74, 6) is -0.277. The second-order valence-electron chi connectivity index (χ2n) is 3.49. The number of ether oxygens (including phenoxy) is 1. The first-order chi connectivity index (χ1) is 7.16. The van der Waals surface area contributed by atoms with Gasteiger partial charge in [0, 0.05) is 0 Å². The number of rotatable bonds is 2. The molecule has 0 fully saturated rings. The van der Waals surface area contributed by atoms with Crippen LogP contribution in [0.2, 0.25) is 0 Å². The summed E-state index contributed by atoms with van der Waals surface area (Å²) in [6.45, 7) is 3.67. The molecule has 0 N–H and O–H groups in total. The Kier molecular flexibility index (Phi) is 2.68. The fourth-order valence-electron chi connectivity index (χ4n) is 1.26. The van der Waals surface area contributed by atoms with Gasteiger partial charge in [0.25, 0.3) is 0 Å². The van der Waals surface area contributed by atoms with Crippen LogP contribution in [0.3, 0.4) is 0 Å². The van der Waals surface area contributed by atoms with E-state index in [2.05, 4.69) is 4.98 Å². The average Bonchev–Trinajstić information content (AvgIpc) is 2.62. The van der Waals surface area contributed by atoms with Crippen LogP contribution >= 0.6 is 11.3 Å². The van der Waals surface area contributed by atoms with Gasteiger partial charge in [0.05, 0.1) is 27.4 Å². The zero-order valence-electron chi connectivity index (χ0n) is 8.56. The van der Waals surface area contributed by atoms with Crippen molar-refractivity contribution < 1.29 is 9.53 Å². The van der Waals surface area contributed by atoms with E-state index < -0.39 is 0 Å². The summed E-state index contributed by atoms with van der Waals surface area (Å²) in [5.41, 5.74) is 3.27. The minimum atomic E-state index is -0.277. The van der Waals surface area contributed by atoms with Crippen molar-refractivity contribution in [2.45, 2.75) is 20.0 Å². The zero-order valence-corrected chi connectivity index (χ0v) is 9.38. The van der Waals surface area contributed by atoms with Gasteiger partial charge in [-0.15, -0.1) is 11.3 Å². The molecule has 2 aromatic rings. The fraction of sp³-hybridized carbons (Fsp3) is 0.273. The second kappa shape index (κ2) is 3.98. The fourth-order valence-corrected chi connectivity index (χ4v) is 1.98. The van der Waals surface area contributed by atoms with Crippen molar-refractivity contribution in [2.24, 2.45) is 0 Å². The van der Waals surface area contributed by atoms with Crippen molar-refractivity contribution in [3.8, 4) is 0 Å². The van der Waals surface area contributed by atoms with E-state index in [9.17, 15) is 4.79 Å². The molecule has 0 bridgehead atoms. The summed E-state index contributed by atoms with van der Waals surface area (Å²) in [4.78, 5) is 15.7. The van der Waals surface area contributed by atoms with Crippen LogP contribution < -0.4 is 0 Å². The van der Waals surface area contributed by atoms with Crippen LogP contribution in [-0.2, 0) is 4.74 Å². The van der Waals surface area contributed by atoms with E-state index in [1.165, 1.54) is 11.3 Å². The van der Waals surface area contributed by atoms with Crippen LogP contribution in [0.5, 0.6) is 0 Å². The standard InChI is InChI=1S/C11H11NO2S/c1-7(2)14-11(13)8-3-4-9-10(5-8)15-6-12-9/h3-7H,1-2H3. The van der Waals surface area contributed by atoms with Crippen molar-refractivity contribution in [1.82, 2.24) is 4.98 Å². The highest BCUT2D eigenvalue weighted by atomic mass is 32.1. The average molecular weight is 221 g/mol. The number of benzene rings is 1. The molecule has 4 heteroatoms. The Morgan fingerprint density at radius 2 is 2.27 bits per heavy atom. The van der Waals surface area contributed by atoms with Gasteiger partial charge < -0.3 is 4.74 Å². The molecule has 78 valence electrons. The molecule has 1 heterocycles. The summed E-state index contributed by atoms with van der Waals surface area (Å²) < 4.78 is 6.11. The van der Waals surface area contributed by atoms with Crippen LogP contribution in [0.25, 0.3) is 10.2 Å². The van der Waals surface area contributed by atoms with Gasteiger partial charge in [-0.1, -0.05) is 0 Å². The van der Waals surface area contributed by atoms with Crippen LogP contribution in [0.1, 0.15) is 24.2 Å². The molecule has 0 saturated carbocycles. The first-order valence-corrected chi connectivity index (χ1v) is 5.59. The third kappa shape index (κ3) is 2.15. The van der Waals surface area contributed by atoms with Crippen LogP contribution in [0.15, 0.2) is 23.7 Å². The lowest BCUT2D eigenvalue weighted by atomic mass is 10.2. The summed E-state index contributed by atoms with van der Waals surface area (Å²) in [6, 6.07) is 5.40. The normalized spacial score (nSPS) is 10.9. The molecule has 1 aromatic carbocycles. The molecular formula is C11H11NO2S. The van der Waals surface area contributed by atoms with Crippen molar-refractivity contribution >= 4 is 27.5 Å². The molecule has 15 heavy (non-hydrogen) atoms. The predicted molar refractivity (Wildman–Crippen MR) is 60.2 cm³/mol. The van der Waals surface area contributed by atoms with Gasteiger partial charge in [-0.25, -0.2) is 9.78 Å². The Balaban J connectivity index is 2.31. The highest BCUT2D eigenvalue weighted by Crippen LogP contribution is 2.19. The smallest absolute Gasteiger partial charge is 0.338 e. The summed E-state index contributed by atoms with van der Waals surface area (Å²) in [7, 11) is 0. The maximum atomic E-state index is 11.6. The number of fused-ring (bicyclic) bond motifs is 1. The molecule has 0 atom stereocenters. The molecule has 3 nitrogen and oxygen atoms in total. The zero-order chi connectivity index (χ0) is 10.8. The van der Waals surface area contributed by atoms with Crippen LogP contribution in [0, 0.1) is 0 Å². The number of aromatic nitrogens is 1. The molecular weight excluding hydrogens is 210 g/mol. The van der Waals surface area contributed by atoms with Gasteiger partial charge in [-0.2, -0.15) is 0 Å². The molecule has 0 aliphatic carbocycles.